The van der Waals surface area contributed by atoms with Crippen LogP contribution in [0.2, 0.25) is 0 Å². The van der Waals surface area contributed by atoms with Gasteiger partial charge in [0.25, 0.3) is 0 Å². The highest BCUT2D eigenvalue weighted by Crippen LogP contribution is 2.62. The van der Waals surface area contributed by atoms with Gasteiger partial charge in [0.05, 0.1) is 5.52 Å². The molecular weight excluding hydrogens is 256 g/mol. The first-order valence-electron chi connectivity index (χ1n) is 8.46. The predicted octanol–water partition coefficient (Wildman–Crippen LogP) is 4.32. The van der Waals surface area contributed by atoms with Gasteiger partial charge in [-0.25, -0.2) is 0 Å². The van der Waals surface area contributed by atoms with Crippen LogP contribution in [0, 0.1) is 17.8 Å². The number of hydrogen-bond acceptors (Lipinski definition) is 2. The normalized spacial score (nSPS) is 28.5. The summed E-state index contributed by atoms with van der Waals surface area (Å²) in [5, 5.41) is 5.07. The fraction of sp³-hybridized carbons (Fsp3) is 0.526. The van der Waals surface area contributed by atoms with Crippen LogP contribution in [-0.2, 0) is 0 Å². The zero-order valence-corrected chi connectivity index (χ0v) is 12.8. The summed E-state index contributed by atoms with van der Waals surface area (Å²) < 4.78 is 0. The van der Waals surface area contributed by atoms with E-state index in [1.165, 1.54) is 36.6 Å². The van der Waals surface area contributed by atoms with E-state index < -0.39 is 0 Å². The number of nitrogens with zero attached hydrogens (tertiary/aromatic N) is 1. The Morgan fingerprint density at radius 3 is 2.86 bits per heavy atom. The molecule has 0 radical (unpaired) electrons. The SMILES string of the molecule is CCCNC(c1cnc2ccccc2c1)C1C2CCCC21. The van der Waals surface area contributed by atoms with Crippen molar-refractivity contribution < 1.29 is 0 Å². The van der Waals surface area contributed by atoms with Crippen molar-refractivity contribution in [2.45, 2.75) is 38.6 Å². The van der Waals surface area contributed by atoms with Crippen LogP contribution >= 0.6 is 0 Å². The van der Waals surface area contributed by atoms with E-state index in [0.717, 1.165) is 29.8 Å². The van der Waals surface area contributed by atoms with Crippen molar-refractivity contribution in [3.05, 3.63) is 42.1 Å². The molecule has 4 rings (SSSR count). The predicted molar refractivity (Wildman–Crippen MR) is 87.1 cm³/mol. The Labute approximate surface area is 127 Å². The molecule has 0 aliphatic heterocycles. The Morgan fingerprint density at radius 1 is 1.24 bits per heavy atom. The molecular formula is C19H24N2. The number of para-hydroxylation sites is 1. The molecule has 1 N–H and O–H groups in total. The number of nitrogens with one attached hydrogen (secondary N) is 1. The molecule has 0 spiro atoms. The van der Waals surface area contributed by atoms with Gasteiger partial charge in [-0.15, -0.1) is 0 Å². The molecule has 2 heteroatoms. The Morgan fingerprint density at radius 2 is 2.05 bits per heavy atom. The topological polar surface area (TPSA) is 24.9 Å². The van der Waals surface area contributed by atoms with E-state index >= 15 is 0 Å². The summed E-state index contributed by atoms with van der Waals surface area (Å²) in [5.41, 5.74) is 2.49. The average molecular weight is 280 g/mol. The van der Waals surface area contributed by atoms with Crippen molar-refractivity contribution >= 4 is 10.9 Å². The van der Waals surface area contributed by atoms with Crippen LogP contribution in [0.1, 0.15) is 44.2 Å². The van der Waals surface area contributed by atoms with Crippen LogP contribution in [0.25, 0.3) is 10.9 Å². The first-order chi connectivity index (χ1) is 10.4. The molecule has 21 heavy (non-hydrogen) atoms. The van der Waals surface area contributed by atoms with Crippen molar-refractivity contribution in [3.8, 4) is 0 Å². The molecule has 2 saturated carbocycles. The minimum Gasteiger partial charge on any atom is -0.310 e. The number of benzene rings is 1. The minimum atomic E-state index is 0.511. The second-order valence-electron chi connectivity index (χ2n) is 6.73. The van der Waals surface area contributed by atoms with Gasteiger partial charge in [-0.3, -0.25) is 4.98 Å². The molecule has 2 fully saturated rings. The Kier molecular flexibility index (Phi) is 3.42. The van der Waals surface area contributed by atoms with E-state index in [0.29, 0.717) is 6.04 Å². The van der Waals surface area contributed by atoms with Crippen LogP contribution < -0.4 is 5.32 Å². The fourth-order valence-corrected chi connectivity index (χ4v) is 4.41. The standard InChI is InChI=1S/C19H24N2/c1-2-10-20-19(18-15-7-5-8-16(15)18)14-11-13-6-3-4-9-17(13)21-12-14/h3-4,6,9,11-12,15-16,18-20H,2,5,7-8,10H2,1H3. The first kappa shape index (κ1) is 13.3. The van der Waals surface area contributed by atoms with E-state index in [-0.39, 0.29) is 0 Å². The third kappa shape index (κ3) is 2.36. The molecule has 2 aliphatic carbocycles. The van der Waals surface area contributed by atoms with Crippen LogP contribution in [0.3, 0.4) is 0 Å². The van der Waals surface area contributed by atoms with E-state index in [2.05, 4.69) is 53.8 Å². The number of aromatic nitrogens is 1. The number of pyridine rings is 1. The lowest BCUT2D eigenvalue weighted by Gasteiger charge is -2.21. The van der Waals surface area contributed by atoms with E-state index in [1.807, 2.05) is 0 Å². The molecule has 2 nitrogen and oxygen atoms in total. The number of fused-ring (bicyclic) bond motifs is 2. The summed E-state index contributed by atoms with van der Waals surface area (Å²) in [5.74, 6) is 2.81. The lowest BCUT2D eigenvalue weighted by Crippen LogP contribution is -2.25. The molecule has 0 bridgehead atoms. The molecule has 2 aliphatic rings. The smallest absolute Gasteiger partial charge is 0.0702 e. The van der Waals surface area contributed by atoms with Crippen LogP contribution in [-0.4, -0.2) is 11.5 Å². The number of hydrogen-bond donors (Lipinski definition) is 1. The second kappa shape index (κ2) is 5.42. The van der Waals surface area contributed by atoms with Crippen LogP contribution in [0.5, 0.6) is 0 Å². The largest absolute Gasteiger partial charge is 0.310 e. The van der Waals surface area contributed by atoms with E-state index in [9.17, 15) is 0 Å². The molecule has 2 aromatic rings. The average Bonchev–Trinajstić information content (AvgIpc) is 2.99. The van der Waals surface area contributed by atoms with Gasteiger partial charge in [-0.05, 0) is 61.3 Å². The van der Waals surface area contributed by atoms with Crippen molar-refractivity contribution in [3.63, 3.8) is 0 Å². The summed E-state index contributed by atoms with van der Waals surface area (Å²) in [6.07, 6.45) is 7.63. The van der Waals surface area contributed by atoms with E-state index in [4.69, 9.17) is 0 Å². The Hall–Kier alpha value is -1.41. The zero-order valence-electron chi connectivity index (χ0n) is 12.8. The minimum absolute atomic E-state index is 0.511. The van der Waals surface area contributed by atoms with Crippen LogP contribution in [0.4, 0.5) is 0 Å². The third-order valence-corrected chi connectivity index (χ3v) is 5.44. The summed E-state index contributed by atoms with van der Waals surface area (Å²) in [4.78, 5) is 4.67. The maximum atomic E-state index is 4.67. The fourth-order valence-electron chi connectivity index (χ4n) is 4.41. The maximum Gasteiger partial charge on any atom is 0.0702 e. The van der Waals surface area contributed by atoms with Gasteiger partial charge in [0, 0.05) is 17.6 Å². The van der Waals surface area contributed by atoms with Crippen molar-refractivity contribution in [1.82, 2.24) is 10.3 Å². The second-order valence-corrected chi connectivity index (χ2v) is 6.73. The van der Waals surface area contributed by atoms with Gasteiger partial charge in [0.1, 0.15) is 0 Å². The third-order valence-electron chi connectivity index (χ3n) is 5.44. The molecule has 1 heterocycles. The first-order valence-corrected chi connectivity index (χ1v) is 8.46. The quantitative estimate of drug-likeness (QED) is 0.882. The summed E-state index contributed by atoms with van der Waals surface area (Å²) in [6.45, 7) is 3.35. The van der Waals surface area contributed by atoms with Crippen molar-refractivity contribution in [1.29, 1.82) is 0 Å². The Balaban J connectivity index is 1.64. The molecule has 0 amide bonds. The van der Waals surface area contributed by atoms with Crippen molar-refractivity contribution in [2.75, 3.05) is 6.54 Å². The molecule has 3 atom stereocenters. The van der Waals surface area contributed by atoms with Gasteiger partial charge in [0.2, 0.25) is 0 Å². The highest BCUT2D eigenvalue weighted by molar-refractivity contribution is 5.78. The lowest BCUT2D eigenvalue weighted by molar-refractivity contribution is 0.417. The van der Waals surface area contributed by atoms with Gasteiger partial charge in [-0.2, -0.15) is 0 Å². The zero-order chi connectivity index (χ0) is 14.2. The summed E-state index contributed by atoms with van der Waals surface area (Å²) >= 11 is 0. The van der Waals surface area contributed by atoms with Gasteiger partial charge in [0.15, 0.2) is 0 Å². The van der Waals surface area contributed by atoms with E-state index in [1.54, 1.807) is 0 Å². The molecule has 0 saturated heterocycles. The van der Waals surface area contributed by atoms with Gasteiger partial charge >= 0.3 is 0 Å². The van der Waals surface area contributed by atoms with Crippen molar-refractivity contribution in [2.24, 2.45) is 17.8 Å². The summed E-state index contributed by atoms with van der Waals surface area (Å²) in [7, 11) is 0. The number of rotatable bonds is 5. The molecule has 1 aromatic heterocycles. The van der Waals surface area contributed by atoms with Crippen LogP contribution in [0.15, 0.2) is 36.5 Å². The lowest BCUT2D eigenvalue weighted by atomic mass is 9.97. The summed E-state index contributed by atoms with van der Waals surface area (Å²) in [6, 6.07) is 11.3. The molecule has 110 valence electrons. The molecule has 1 aromatic carbocycles. The maximum absolute atomic E-state index is 4.67. The van der Waals surface area contributed by atoms with Gasteiger partial charge < -0.3 is 5.32 Å². The molecule has 3 unspecified atom stereocenters. The Bertz CT molecular complexity index is 626. The van der Waals surface area contributed by atoms with Gasteiger partial charge in [-0.1, -0.05) is 31.5 Å². The monoisotopic (exact) mass is 280 g/mol. The highest BCUT2D eigenvalue weighted by atomic mass is 14.9. The highest BCUT2D eigenvalue weighted by Gasteiger charge is 2.55.